The maximum absolute atomic E-state index is 10.4. The summed E-state index contributed by atoms with van der Waals surface area (Å²) in [5.41, 5.74) is 2.14. The van der Waals surface area contributed by atoms with E-state index < -0.39 is 5.97 Å². The smallest absolute Gasteiger partial charge is 0.327 e. The van der Waals surface area contributed by atoms with Crippen LogP contribution < -0.4 is 4.90 Å². The molecule has 1 rings (SSSR count). The van der Waals surface area contributed by atoms with E-state index in [1.807, 2.05) is 24.3 Å². The minimum Gasteiger partial charge on any atom is -0.478 e. The predicted octanol–water partition coefficient (Wildman–Crippen LogP) is 3.15. The molecule has 5 heteroatoms. The Morgan fingerprint density at radius 1 is 1.16 bits per heavy atom. The number of rotatable bonds is 8. The zero-order valence-electron chi connectivity index (χ0n) is 10.6. The van der Waals surface area contributed by atoms with Crippen LogP contribution >= 0.6 is 23.2 Å². The van der Waals surface area contributed by atoms with Crippen LogP contribution in [-0.4, -0.2) is 35.9 Å². The molecular formula is C14H17Cl2NO2. The van der Waals surface area contributed by atoms with Gasteiger partial charge in [0.25, 0.3) is 0 Å². The Morgan fingerprint density at radius 2 is 1.74 bits per heavy atom. The zero-order chi connectivity index (χ0) is 14.1. The first kappa shape index (κ1) is 15.9. The van der Waals surface area contributed by atoms with E-state index in [9.17, 15) is 4.79 Å². The number of aliphatic carboxylic acids is 1. The molecule has 0 bridgehead atoms. The Bertz CT molecular complexity index is 412. The Kier molecular flexibility index (Phi) is 7.38. The van der Waals surface area contributed by atoms with Gasteiger partial charge in [-0.1, -0.05) is 18.2 Å². The van der Waals surface area contributed by atoms with E-state index in [0.29, 0.717) is 18.2 Å². The first-order valence-corrected chi connectivity index (χ1v) is 7.09. The lowest BCUT2D eigenvalue weighted by Gasteiger charge is -2.22. The van der Waals surface area contributed by atoms with Gasteiger partial charge in [-0.15, -0.1) is 23.2 Å². The molecule has 0 spiro atoms. The Morgan fingerprint density at radius 3 is 2.21 bits per heavy atom. The molecule has 1 aromatic rings. The highest BCUT2D eigenvalue weighted by molar-refractivity contribution is 6.18. The summed E-state index contributed by atoms with van der Waals surface area (Å²) in [5.74, 6) is 0.187. The molecule has 104 valence electrons. The van der Waals surface area contributed by atoms with Gasteiger partial charge in [0.15, 0.2) is 0 Å². The Hall–Kier alpha value is -1.19. The van der Waals surface area contributed by atoms with Crippen molar-refractivity contribution in [3.8, 4) is 0 Å². The van der Waals surface area contributed by atoms with Gasteiger partial charge in [-0.25, -0.2) is 4.79 Å². The molecule has 0 radical (unpaired) electrons. The molecule has 3 nitrogen and oxygen atoms in total. The van der Waals surface area contributed by atoms with E-state index in [2.05, 4.69) is 4.90 Å². The molecule has 0 aromatic heterocycles. The number of anilines is 1. The number of hydrogen-bond donors (Lipinski definition) is 1. The van der Waals surface area contributed by atoms with Gasteiger partial charge in [-0.05, 0) is 24.1 Å². The lowest BCUT2D eigenvalue weighted by molar-refractivity contribution is -0.131. The maximum Gasteiger partial charge on any atom is 0.327 e. The van der Waals surface area contributed by atoms with Gasteiger partial charge in [-0.2, -0.15) is 0 Å². The quantitative estimate of drug-likeness (QED) is 0.592. The normalized spacial score (nSPS) is 10.8. The molecule has 1 N–H and O–H groups in total. The molecule has 0 saturated carbocycles. The third-order valence-electron chi connectivity index (χ3n) is 2.62. The lowest BCUT2D eigenvalue weighted by atomic mass is 10.1. The van der Waals surface area contributed by atoms with Gasteiger partial charge in [0.2, 0.25) is 0 Å². The van der Waals surface area contributed by atoms with Gasteiger partial charge in [-0.3, -0.25) is 0 Å². The molecule has 0 amide bonds. The molecule has 0 aliphatic heterocycles. The van der Waals surface area contributed by atoms with Crippen molar-refractivity contribution in [1.29, 1.82) is 0 Å². The number of alkyl halides is 2. The van der Waals surface area contributed by atoms with Crippen LogP contribution in [0.4, 0.5) is 5.69 Å². The monoisotopic (exact) mass is 301 g/mol. The van der Waals surface area contributed by atoms with Crippen LogP contribution in [0.5, 0.6) is 0 Å². The second-order valence-electron chi connectivity index (χ2n) is 3.98. The van der Waals surface area contributed by atoms with Gasteiger partial charge in [0.1, 0.15) is 0 Å². The summed E-state index contributed by atoms with van der Waals surface area (Å²) < 4.78 is 0. The maximum atomic E-state index is 10.4. The summed E-state index contributed by atoms with van der Waals surface area (Å²) in [6.07, 6.45) is 3.39. The summed E-state index contributed by atoms with van der Waals surface area (Å²) in [6.45, 7) is 1.51. The van der Waals surface area contributed by atoms with Gasteiger partial charge in [0, 0.05) is 36.6 Å². The van der Waals surface area contributed by atoms with Crippen molar-refractivity contribution in [2.75, 3.05) is 29.7 Å². The molecule has 0 unspecified atom stereocenters. The first-order chi connectivity index (χ1) is 9.17. The van der Waals surface area contributed by atoms with Crippen molar-refractivity contribution in [2.24, 2.45) is 0 Å². The predicted molar refractivity (Wildman–Crippen MR) is 80.6 cm³/mol. The van der Waals surface area contributed by atoms with Crippen molar-refractivity contribution in [1.82, 2.24) is 0 Å². The van der Waals surface area contributed by atoms with Crippen LogP contribution in [0, 0.1) is 0 Å². The van der Waals surface area contributed by atoms with E-state index in [-0.39, 0.29) is 0 Å². The van der Waals surface area contributed by atoms with E-state index in [1.54, 1.807) is 6.08 Å². The van der Waals surface area contributed by atoms with Crippen LogP contribution in [0.2, 0.25) is 0 Å². The number of carboxylic acid groups (broad SMARTS) is 1. The third kappa shape index (κ3) is 5.99. The fraction of sp³-hybridized carbons (Fsp3) is 0.357. The summed E-state index contributed by atoms with van der Waals surface area (Å²) in [4.78, 5) is 12.5. The molecular weight excluding hydrogens is 285 g/mol. The SMILES string of the molecule is O=C(O)C=CCc1ccc(N(CCCl)CCCl)cc1. The molecule has 0 heterocycles. The number of hydrogen-bond acceptors (Lipinski definition) is 2. The topological polar surface area (TPSA) is 40.5 Å². The fourth-order valence-corrected chi connectivity index (χ4v) is 2.12. The van der Waals surface area contributed by atoms with Crippen LogP contribution in [0.1, 0.15) is 5.56 Å². The van der Waals surface area contributed by atoms with Crippen LogP contribution in [-0.2, 0) is 11.2 Å². The molecule has 0 atom stereocenters. The van der Waals surface area contributed by atoms with E-state index in [0.717, 1.165) is 30.4 Å². The molecule has 0 aliphatic carbocycles. The fourth-order valence-electron chi connectivity index (χ4n) is 1.71. The van der Waals surface area contributed by atoms with Crippen molar-refractivity contribution in [2.45, 2.75) is 6.42 Å². The molecule has 19 heavy (non-hydrogen) atoms. The van der Waals surface area contributed by atoms with Gasteiger partial charge in [0.05, 0.1) is 0 Å². The number of benzene rings is 1. The lowest BCUT2D eigenvalue weighted by Crippen LogP contribution is -2.27. The van der Waals surface area contributed by atoms with Crippen LogP contribution in [0.15, 0.2) is 36.4 Å². The standard InChI is InChI=1S/C14H17Cl2NO2/c15-8-10-17(11-9-16)13-6-4-12(5-7-13)2-1-3-14(18)19/h1,3-7H,2,8-11H2,(H,18,19). The van der Waals surface area contributed by atoms with E-state index >= 15 is 0 Å². The molecule has 0 aliphatic rings. The summed E-state index contributed by atoms with van der Waals surface area (Å²) in [6, 6.07) is 7.97. The summed E-state index contributed by atoms with van der Waals surface area (Å²) in [5, 5.41) is 8.51. The second-order valence-corrected chi connectivity index (χ2v) is 4.73. The largest absolute Gasteiger partial charge is 0.478 e. The van der Waals surface area contributed by atoms with Crippen LogP contribution in [0.25, 0.3) is 0 Å². The molecule has 1 aromatic carbocycles. The van der Waals surface area contributed by atoms with Crippen molar-refractivity contribution in [3.05, 3.63) is 42.0 Å². The summed E-state index contributed by atoms with van der Waals surface area (Å²) >= 11 is 11.5. The molecule has 0 fully saturated rings. The number of nitrogens with zero attached hydrogens (tertiary/aromatic N) is 1. The number of allylic oxidation sites excluding steroid dienone is 1. The Balaban J connectivity index is 2.65. The number of carbonyl (C=O) groups is 1. The number of carboxylic acids is 1. The highest BCUT2D eigenvalue weighted by Gasteiger charge is 2.04. The van der Waals surface area contributed by atoms with Crippen LogP contribution in [0.3, 0.4) is 0 Å². The van der Waals surface area contributed by atoms with E-state index in [4.69, 9.17) is 28.3 Å². The average molecular weight is 302 g/mol. The van der Waals surface area contributed by atoms with Crippen molar-refractivity contribution >= 4 is 34.9 Å². The average Bonchev–Trinajstić information content (AvgIpc) is 2.39. The minimum atomic E-state index is -0.924. The summed E-state index contributed by atoms with van der Waals surface area (Å²) in [7, 11) is 0. The zero-order valence-corrected chi connectivity index (χ0v) is 12.1. The highest BCUT2D eigenvalue weighted by Crippen LogP contribution is 2.16. The van der Waals surface area contributed by atoms with Gasteiger partial charge < -0.3 is 10.0 Å². The minimum absolute atomic E-state index is 0.556. The second kappa shape index (κ2) is 8.83. The Labute approximate surface area is 123 Å². The van der Waals surface area contributed by atoms with Gasteiger partial charge >= 0.3 is 5.97 Å². The number of halogens is 2. The first-order valence-electron chi connectivity index (χ1n) is 6.02. The van der Waals surface area contributed by atoms with E-state index in [1.165, 1.54) is 0 Å². The molecule has 0 saturated heterocycles. The highest BCUT2D eigenvalue weighted by atomic mass is 35.5. The van der Waals surface area contributed by atoms with Crippen molar-refractivity contribution < 1.29 is 9.90 Å². The third-order valence-corrected chi connectivity index (χ3v) is 2.96. The van der Waals surface area contributed by atoms with Crippen molar-refractivity contribution in [3.63, 3.8) is 0 Å².